The molecule has 0 saturated heterocycles. The second-order valence-electron chi connectivity index (χ2n) is 7.11. The first kappa shape index (κ1) is 16.4. The van der Waals surface area contributed by atoms with Gasteiger partial charge in [0, 0.05) is 16.5 Å². The number of hydrogen-bond acceptors (Lipinski definition) is 5. The number of rotatable bonds is 2. The van der Waals surface area contributed by atoms with Gasteiger partial charge in [-0.15, -0.1) is 0 Å². The number of aromatic nitrogens is 2. The molecule has 4 rings (SSSR count). The minimum absolute atomic E-state index is 0.0289. The van der Waals surface area contributed by atoms with Gasteiger partial charge in [-0.3, -0.25) is 14.2 Å². The Balaban J connectivity index is 1.87. The molecule has 0 bridgehead atoms. The van der Waals surface area contributed by atoms with E-state index in [1.165, 1.54) is 17.3 Å². The molecule has 0 unspecified atom stereocenters. The van der Waals surface area contributed by atoms with Crippen molar-refractivity contribution >= 4 is 17.7 Å². The molecule has 1 aromatic heterocycles. The summed E-state index contributed by atoms with van der Waals surface area (Å²) in [5.41, 5.74) is 3.43. The van der Waals surface area contributed by atoms with E-state index < -0.39 is 5.25 Å². The largest absolute Gasteiger partial charge is 0.465 e. The van der Waals surface area contributed by atoms with Crippen molar-refractivity contribution in [1.82, 2.24) is 9.55 Å². The van der Waals surface area contributed by atoms with Gasteiger partial charge in [0.05, 0.1) is 18.8 Å². The summed E-state index contributed by atoms with van der Waals surface area (Å²) in [6, 6.07) is 8.12. The molecule has 0 saturated carbocycles. The van der Waals surface area contributed by atoms with Crippen molar-refractivity contribution in [2.45, 2.75) is 49.6 Å². The maximum absolute atomic E-state index is 13.2. The third kappa shape index (κ3) is 2.51. The minimum Gasteiger partial charge on any atom is -0.465 e. The van der Waals surface area contributed by atoms with Gasteiger partial charge in [-0.1, -0.05) is 49.9 Å². The van der Waals surface area contributed by atoms with Crippen LogP contribution < -0.4 is 5.56 Å². The molecular weight excluding hydrogens is 336 g/mol. The van der Waals surface area contributed by atoms with Crippen molar-refractivity contribution in [2.24, 2.45) is 0 Å². The normalized spacial score (nSPS) is 19.7. The fourth-order valence-electron chi connectivity index (χ4n) is 3.75. The number of carbonyl (C=O) groups is 1. The highest BCUT2D eigenvalue weighted by Crippen LogP contribution is 2.42. The Hall–Kier alpha value is -2.08. The molecule has 1 aliphatic heterocycles. The zero-order valence-corrected chi connectivity index (χ0v) is 15.4. The third-order valence-electron chi connectivity index (χ3n) is 4.86. The van der Waals surface area contributed by atoms with Gasteiger partial charge < -0.3 is 4.74 Å². The number of fused-ring (bicyclic) bond motifs is 4. The first-order valence-electron chi connectivity index (χ1n) is 8.49. The lowest BCUT2D eigenvalue weighted by molar-refractivity contribution is -0.142. The Morgan fingerprint density at radius 1 is 1.40 bits per heavy atom. The fourth-order valence-corrected chi connectivity index (χ4v) is 4.82. The molecule has 1 atom stereocenters. The smallest absolute Gasteiger partial charge is 0.321 e. The zero-order valence-electron chi connectivity index (χ0n) is 14.5. The van der Waals surface area contributed by atoms with Gasteiger partial charge in [0.2, 0.25) is 0 Å². The van der Waals surface area contributed by atoms with Gasteiger partial charge in [-0.05, 0) is 18.9 Å². The maximum Gasteiger partial charge on any atom is 0.321 e. The number of hydrogen-bond donors (Lipinski definition) is 0. The molecule has 25 heavy (non-hydrogen) atoms. The van der Waals surface area contributed by atoms with E-state index in [4.69, 9.17) is 9.72 Å². The molecule has 5 nitrogen and oxygen atoms in total. The lowest BCUT2D eigenvalue weighted by Gasteiger charge is -2.32. The van der Waals surface area contributed by atoms with Gasteiger partial charge in [-0.2, -0.15) is 0 Å². The van der Waals surface area contributed by atoms with E-state index in [1.807, 2.05) is 18.2 Å². The number of esters is 1. The van der Waals surface area contributed by atoms with Gasteiger partial charge >= 0.3 is 5.97 Å². The summed E-state index contributed by atoms with van der Waals surface area (Å²) < 4.78 is 6.76. The van der Waals surface area contributed by atoms with E-state index in [0.29, 0.717) is 18.3 Å². The van der Waals surface area contributed by atoms with Crippen molar-refractivity contribution in [1.29, 1.82) is 0 Å². The van der Waals surface area contributed by atoms with Crippen molar-refractivity contribution in [3.05, 3.63) is 45.7 Å². The number of nitrogens with zero attached hydrogens (tertiary/aromatic N) is 2. The van der Waals surface area contributed by atoms with Crippen LogP contribution in [0.2, 0.25) is 0 Å². The van der Waals surface area contributed by atoms with Gasteiger partial charge in [0.25, 0.3) is 5.56 Å². The zero-order chi connectivity index (χ0) is 17.8. The number of ether oxygens (including phenoxy) is 1. The molecule has 0 amide bonds. The van der Waals surface area contributed by atoms with Gasteiger partial charge in [0.15, 0.2) is 5.16 Å². The number of carbonyl (C=O) groups excluding carboxylic acids is 1. The van der Waals surface area contributed by atoms with E-state index in [2.05, 4.69) is 19.9 Å². The Morgan fingerprint density at radius 2 is 2.16 bits per heavy atom. The first-order valence-corrected chi connectivity index (χ1v) is 9.37. The van der Waals surface area contributed by atoms with Crippen LogP contribution in [0.1, 0.15) is 31.9 Å². The molecule has 0 fully saturated rings. The second kappa shape index (κ2) is 5.73. The second-order valence-corrected chi connectivity index (χ2v) is 8.28. The summed E-state index contributed by atoms with van der Waals surface area (Å²) in [5.74, 6) is -0.282. The Bertz CT molecular complexity index is 933. The molecule has 130 valence electrons. The van der Waals surface area contributed by atoms with Crippen LogP contribution in [0.3, 0.4) is 0 Å². The highest BCUT2D eigenvalue weighted by Gasteiger charge is 2.39. The molecule has 2 aromatic rings. The fraction of sp³-hybridized carbons (Fsp3) is 0.421. The molecule has 1 aromatic carbocycles. The Kier molecular flexibility index (Phi) is 3.76. The summed E-state index contributed by atoms with van der Waals surface area (Å²) >= 11 is 1.32. The molecule has 0 radical (unpaired) electrons. The summed E-state index contributed by atoms with van der Waals surface area (Å²) in [5, 5.41) is 0.205. The summed E-state index contributed by atoms with van der Waals surface area (Å²) in [6.45, 7) is 6.62. The highest BCUT2D eigenvalue weighted by atomic mass is 32.2. The van der Waals surface area contributed by atoms with Crippen LogP contribution in [-0.2, 0) is 27.9 Å². The summed E-state index contributed by atoms with van der Waals surface area (Å²) in [7, 11) is 0. The lowest BCUT2D eigenvalue weighted by atomic mass is 9.72. The molecule has 2 aliphatic rings. The minimum atomic E-state index is -0.401. The topological polar surface area (TPSA) is 61.2 Å². The van der Waals surface area contributed by atoms with E-state index in [0.717, 1.165) is 23.2 Å². The van der Waals surface area contributed by atoms with Gasteiger partial charge in [0.1, 0.15) is 5.25 Å². The lowest BCUT2D eigenvalue weighted by Crippen LogP contribution is -2.38. The van der Waals surface area contributed by atoms with E-state index >= 15 is 0 Å². The first-order chi connectivity index (χ1) is 11.9. The quantitative estimate of drug-likeness (QED) is 0.612. The number of benzene rings is 1. The Labute approximate surface area is 150 Å². The molecular formula is C19H20N2O3S. The summed E-state index contributed by atoms with van der Waals surface area (Å²) in [6.07, 6.45) is 0.806. The predicted octanol–water partition coefficient (Wildman–Crippen LogP) is 2.78. The van der Waals surface area contributed by atoms with Crippen LogP contribution in [-0.4, -0.2) is 27.4 Å². The predicted molar refractivity (Wildman–Crippen MR) is 96.9 cm³/mol. The van der Waals surface area contributed by atoms with Crippen molar-refractivity contribution in [2.75, 3.05) is 6.61 Å². The average Bonchev–Trinajstić information content (AvgIpc) is 2.99. The van der Waals surface area contributed by atoms with E-state index in [9.17, 15) is 9.59 Å². The van der Waals surface area contributed by atoms with Crippen LogP contribution >= 0.6 is 11.8 Å². The molecule has 2 heterocycles. The monoisotopic (exact) mass is 356 g/mol. The highest BCUT2D eigenvalue weighted by molar-refractivity contribution is 8.00. The molecule has 0 spiro atoms. The van der Waals surface area contributed by atoms with Crippen molar-refractivity contribution in [3.8, 4) is 11.3 Å². The Morgan fingerprint density at radius 3 is 2.92 bits per heavy atom. The molecule has 6 heteroatoms. The maximum atomic E-state index is 13.2. The van der Waals surface area contributed by atoms with Crippen LogP contribution in [0.25, 0.3) is 11.3 Å². The van der Waals surface area contributed by atoms with Crippen LogP contribution in [0, 0.1) is 0 Å². The molecule has 1 aliphatic carbocycles. The van der Waals surface area contributed by atoms with Crippen LogP contribution in [0.5, 0.6) is 0 Å². The SMILES string of the molecule is CCOC(=O)[C@@H]1Cn2c(nc3c(c2=O)C(C)(C)Cc2ccccc2-3)S1. The summed E-state index contributed by atoms with van der Waals surface area (Å²) in [4.78, 5) is 30.1. The van der Waals surface area contributed by atoms with Crippen molar-refractivity contribution < 1.29 is 9.53 Å². The number of thioether (sulfide) groups is 1. The van der Waals surface area contributed by atoms with E-state index in [1.54, 1.807) is 11.5 Å². The van der Waals surface area contributed by atoms with E-state index in [-0.39, 0.29) is 16.9 Å². The third-order valence-corrected chi connectivity index (χ3v) is 6.01. The van der Waals surface area contributed by atoms with Gasteiger partial charge in [-0.25, -0.2) is 4.98 Å². The van der Waals surface area contributed by atoms with Crippen LogP contribution in [0.4, 0.5) is 0 Å². The molecule has 0 N–H and O–H groups in total. The average molecular weight is 356 g/mol. The van der Waals surface area contributed by atoms with Crippen molar-refractivity contribution in [3.63, 3.8) is 0 Å². The standard InChI is InChI=1S/C19H20N2O3S/c1-4-24-17(23)13-10-21-16(22)14-15(20-18(21)25-13)12-8-6-5-7-11(12)9-19(14,2)3/h5-8,13H,4,9-10H2,1-3H3/t13-/m0/s1. The van der Waals surface area contributed by atoms with Crippen LogP contribution in [0.15, 0.2) is 34.2 Å².